The Balaban J connectivity index is 1.43. The van der Waals surface area contributed by atoms with E-state index in [9.17, 15) is 4.39 Å². The second-order valence-corrected chi connectivity index (χ2v) is 6.56. The third kappa shape index (κ3) is 3.30. The van der Waals surface area contributed by atoms with Crippen LogP contribution in [0, 0.1) is 5.82 Å². The van der Waals surface area contributed by atoms with Gasteiger partial charge < -0.3 is 10.1 Å². The summed E-state index contributed by atoms with van der Waals surface area (Å²) in [6.07, 6.45) is 4.59. The van der Waals surface area contributed by atoms with Gasteiger partial charge in [0.25, 0.3) is 0 Å². The number of rotatable bonds is 4. The Morgan fingerprint density at radius 3 is 2.83 bits per heavy atom. The summed E-state index contributed by atoms with van der Waals surface area (Å²) in [6, 6.07) is 13.4. The molecule has 1 N–H and O–H groups in total. The van der Waals surface area contributed by atoms with Gasteiger partial charge in [0.05, 0.1) is 15.9 Å². The molecule has 0 aliphatic rings. The van der Waals surface area contributed by atoms with Gasteiger partial charge in [-0.05, 0) is 36.4 Å². The summed E-state index contributed by atoms with van der Waals surface area (Å²) in [6.45, 7) is 0. The van der Waals surface area contributed by atoms with Crippen LogP contribution in [0.15, 0.2) is 67.4 Å². The average molecular weight is 407 g/mol. The largest absolute Gasteiger partial charge is 0.456 e. The Bertz CT molecular complexity index is 1350. The molecular formula is C20H12ClFN6O. The Labute approximate surface area is 168 Å². The quantitative estimate of drug-likeness (QED) is 0.452. The highest BCUT2D eigenvalue weighted by molar-refractivity contribution is 6.32. The van der Waals surface area contributed by atoms with Crippen LogP contribution in [0.25, 0.3) is 16.6 Å². The Hall–Kier alpha value is -3.78. The Morgan fingerprint density at radius 1 is 1.00 bits per heavy atom. The maximum atomic E-state index is 14.2. The molecule has 3 heterocycles. The summed E-state index contributed by atoms with van der Waals surface area (Å²) in [5.74, 6) is 1.01. The molecule has 0 amide bonds. The molecule has 9 heteroatoms. The number of hydrogen-bond donors (Lipinski definition) is 1. The summed E-state index contributed by atoms with van der Waals surface area (Å²) >= 11 is 6.39. The zero-order chi connectivity index (χ0) is 19.8. The second kappa shape index (κ2) is 6.99. The molecule has 5 aromatic rings. The first-order chi connectivity index (χ1) is 14.2. The molecule has 29 heavy (non-hydrogen) atoms. The summed E-state index contributed by atoms with van der Waals surface area (Å²) < 4.78 is 21.7. The van der Waals surface area contributed by atoms with Crippen LogP contribution in [-0.2, 0) is 0 Å². The number of hydrogen-bond acceptors (Lipinski definition) is 6. The normalized spacial score (nSPS) is 11.1. The summed E-state index contributed by atoms with van der Waals surface area (Å²) in [5.41, 5.74) is 1.81. The molecule has 0 aliphatic heterocycles. The summed E-state index contributed by atoms with van der Waals surface area (Å²) in [7, 11) is 0. The van der Waals surface area contributed by atoms with E-state index < -0.39 is 5.82 Å². The van der Waals surface area contributed by atoms with E-state index in [0.717, 1.165) is 0 Å². The van der Waals surface area contributed by atoms with E-state index >= 15 is 0 Å². The summed E-state index contributed by atoms with van der Waals surface area (Å²) in [4.78, 5) is 12.4. The van der Waals surface area contributed by atoms with Crippen molar-refractivity contribution >= 4 is 39.7 Å². The van der Waals surface area contributed by atoms with Crippen molar-refractivity contribution in [3.8, 4) is 11.5 Å². The molecule has 0 saturated carbocycles. The zero-order valence-corrected chi connectivity index (χ0v) is 15.5. The highest BCUT2D eigenvalue weighted by Gasteiger charge is 2.11. The molecule has 0 radical (unpaired) electrons. The van der Waals surface area contributed by atoms with Gasteiger partial charge in [-0.1, -0.05) is 17.7 Å². The minimum absolute atomic E-state index is 0.313. The smallest absolute Gasteiger partial charge is 0.158 e. The number of nitrogens with one attached hydrogen (secondary N) is 1. The number of ether oxygens (including phenoxy) is 1. The predicted octanol–water partition coefficient (Wildman–Crippen LogP) is 5.00. The molecule has 0 fully saturated rings. The standard InChI is InChI=1S/C20H12ClFN6O/c21-14-8-12(27-20-19-15(22)2-1-3-16(19)23-10-25-20)4-5-17(14)29-13-6-7-28-18(9-13)24-11-26-28/h1-11H,(H,23,25,27). The third-order valence-electron chi connectivity index (χ3n) is 4.29. The summed E-state index contributed by atoms with van der Waals surface area (Å²) in [5, 5.41) is 7.83. The maximum Gasteiger partial charge on any atom is 0.158 e. The van der Waals surface area contributed by atoms with Crippen LogP contribution in [-0.4, -0.2) is 24.6 Å². The molecule has 142 valence electrons. The van der Waals surface area contributed by atoms with E-state index in [4.69, 9.17) is 16.3 Å². The van der Waals surface area contributed by atoms with Crippen molar-refractivity contribution in [1.82, 2.24) is 24.6 Å². The molecule has 2 aromatic carbocycles. The van der Waals surface area contributed by atoms with Gasteiger partial charge in [-0.3, -0.25) is 0 Å². The lowest BCUT2D eigenvalue weighted by molar-refractivity contribution is 0.482. The number of aromatic nitrogens is 5. The van der Waals surface area contributed by atoms with Crippen molar-refractivity contribution in [2.45, 2.75) is 0 Å². The fourth-order valence-corrected chi connectivity index (χ4v) is 3.17. The molecule has 0 unspecified atom stereocenters. The molecule has 7 nitrogen and oxygen atoms in total. The zero-order valence-electron chi connectivity index (χ0n) is 14.8. The maximum absolute atomic E-state index is 14.2. The van der Waals surface area contributed by atoms with Gasteiger partial charge in [-0.15, -0.1) is 0 Å². The van der Waals surface area contributed by atoms with Gasteiger partial charge in [0, 0.05) is 18.0 Å². The lowest BCUT2D eigenvalue weighted by Crippen LogP contribution is -1.98. The molecule has 0 aliphatic carbocycles. The van der Waals surface area contributed by atoms with Crippen LogP contribution < -0.4 is 10.1 Å². The first kappa shape index (κ1) is 17.3. The average Bonchev–Trinajstić information content (AvgIpc) is 3.18. The van der Waals surface area contributed by atoms with Gasteiger partial charge in [-0.2, -0.15) is 5.10 Å². The molecule has 0 bridgehead atoms. The molecule has 0 atom stereocenters. The van der Waals surface area contributed by atoms with E-state index in [2.05, 4.69) is 25.4 Å². The van der Waals surface area contributed by atoms with E-state index in [1.165, 1.54) is 18.7 Å². The minimum atomic E-state index is -0.402. The highest BCUT2D eigenvalue weighted by atomic mass is 35.5. The van der Waals surface area contributed by atoms with E-state index in [-0.39, 0.29) is 0 Å². The monoisotopic (exact) mass is 406 g/mol. The van der Waals surface area contributed by atoms with Gasteiger partial charge in [0.1, 0.15) is 35.8 Å². The van der Waals surface area contributed by atoms with Crippen LogP contribution in [0.3, 0.4) is 0 Å². The van der Waals surface area contributed by atoms with Crippen molar-refractivity contribution in [1.29, 1.82) is 0 Å². The number of benzene rings is 2. The van der Waals surface area contributed by atoms with Crippen molar-refractivity contribution < 1.29 is 9.13 Å². The van der Waals surface area contributed by atoms with Gasteiger partial charge >= 0.3 is 0 Å². The van der Waals surface area contributed by atoms with Crippen LogP contribution in [0.4, 0.5) is 15.9 Å². The molecule has 0 saturated heterocycles. The van der Waals surface area contributed by atoms with Gasteiger partial charge in [0.15, 0.2) is 5.65 Å². The fourth-order valence-electron chi connectivity index (χ4n) is 2.95. The van der Waals surface area contributed by atoms with Crippen molar-refractivity contribution in [2.75, 3.05) is 5.32 Å². The lowest BCUT2D eigenvalue weighted by Gasteiger charge is -2.12. The van der Waals surface area contributed by atoms with E-state index in [0.29, 0.717) is 44.6 Å². The number of pyridine rings is 1. The molecule has 3 aromatic heterocycles. The number of anilines is 2. The van der Waals surface area contributed by atoms with E-state index in [1.54, 1.807) is 53.2 Å². The topological polar surface area (TPSA) is 77.2 Å². The number of halogens is 2. The van der Waals surface area contributed by atoms with Crippen molar-refractivity contribution in [3.63, 3.8) is 0 Å². The Kier molecular flexibility index (Phi) is 4.18. The Morgan fingerprint density at radius 2 is 1.93 bits per heavy atom. The fraction of sp³-hybridized carbons (Fsp3) is 0. The predicted molar refractivity (Wildman–Crippen MR) is 107 cm³/mol. The first-order valence-corrected chi connectivity index (χ1v) is 8.98. The molecule has 0 spiro atoms. The van der Waals surface area contributed by atoms with Gasteiger partial charge in [0.2, 0.25) is 0 Å². The molecule has 5 rings (SSSR count). The van der Waals surface area contributed by atoms with Crippen LogP contribution >= 0.6 is 11.6 Å². The van der Waals surface area contributed by atoms with Crippen LogP contribution in [0.1, 0.15) is 0 Å². The molecular weight excluding hydrogens is 395 g/mol. The second-order valence-electron chi connectivity index (χ2n) is 6.15. The highest BCUT2D eigenvalue weighted by Crippen LogP contribution is 2.33. The van der Waals surface area contributed by atoms with Crippen molar-refractivity contribution in [3.05, 3.63) is 78.2 Å². The lowest BCUT2D eigenvalue weighted by atomic mass is 10.2. The van der Waals surface area contributed by atoms with Crippen LogP contribution in [0.5, 0.6) is 11.5 Å². The minimum Gasteiger partial charge on any atom is -0.456 e. The first-order valence-electron chi connectivity index (χ1n) is 8.60. The number of nitrogens with zero attached hydrogens (tertiary/aromatic N) is 5. The number of fused-ring (bicyclic) bond motifs is 2. The SMILES string of the molecule is Fc1cccc2ncnc(Nc3ccc(Oc4ccn5ncnc5c4)c(Cl)c3)c12. The van der Waals surface area contributed by atoms with E-state index in [1.807, 2.05) is 0 Å². The van der Waals surface area contributed by atoms with Crippen molar-refractivity contribution in [2.24, 2.45) is 0 Å². The third-order valence-corrected chi connectivity index (χ3v) is 4.58. The van der Waals surface area contributed by atoms with Gasteiger partial charge in [-0.25, -0.2) is 23.9 Å². The van der Waals surface area contributed by atoms with Crippen LogP contribution in [0.2, 0.25) is 5.02 Å².